The summed E-state index contributed by atoms with van der Waals surface area (Å²) in [5, 5.41) is 12.1. The van der Waals surface area contributed by atoms with E-state index in [1.54, 1.807) is 0 Å². The van der Waals surface area contributed by atoms with Crippen molar-refractivity contribution in [2.75, 3.05) is 13.2 Å². The van der Waals surface area contributed by atoms with Gasteiger partial charge in [0.1, 0.15) is 0 Å². The first kappa shape index (κ1) is 10.0. The summed E-state index contributed by atoms with van der Waals surface area (Å²) in [6.45, 7) is 3.62. The van der Waals surface area contributed by atoms with Crippen LogP contribution in [0, 0.1) is 5.92 Å². The summed E-state index contributed by atoms with van der Waals surface area (Å²) in [4.78, 5) is 0. The molecule has 0 aliphatic heterocycles. The van der Waals surface area contributed by atoms with Crippen molar-refractivity contribution in [3.05, 3.63) is 0 Å². The van der Waals surface area contributed by atoms with Gasteiger partial charge in [0, 0.05) is 12.6 Å². The molecule has 2 atom stereocenters. The van der Waals surface area contributed by atoms with Crippen molar-refractivity contribution in [1.29, 1.82) is 0 Å². The summed E-state index contributed by atoms with van der Waals surface area (Å²) in [5.74, 6) is 0.831. The van der Waals surface area contributed by atoms with E-state index < -0.39 is 0 Å². The van der Waals surface area contributed by atoms with Crippen LogP contribution in [0.1, 0.15) is 39.0 Å². The fraction of sp³-hybridized carbons (Fsp3) is 1.00. The Bertz CT molecular complexity index is 116. The number of aliphatic hydroxyl groups excluding tert-OH is 1. The molecule has 0 bridgehead atoms. The van der Waals surface area contributed by atoms with Crippen molar-refractivity contribution >= 4 is 0 Å². The minimum atomic E-state index is 0.314. The lowest BCUT2D eigenvalue weighted by molar-refractivity contribution is 0.255. The van der Waals surface area contributed by atoms with Gasteiger partial charge < -0.3 is 10.4 Å². The Hall–Kier alpha value is -0.0800. The molecule has 2 nitrogen and oxygen atoms in total. The highest BCUT2D eigenvalue weighted by atomic mass is 16.3. The summed E-state index contributed by atoms with van der Waals surface area (Å²) in [5.41, 5.74) is 0. The summed E-state index contributed by atoms with van der Waals surface area (Å²) in [7, 11) is 0. The third-order valence-corrected chi connectivity index (χ3v) is 2.85. The van der Waals surface area contributed by atoms with Crippen molar-refractivity contribution in [2.24, 2.45) is 5.92 Å². The lowest BCUT2D eigenvalue weighted by atomic mass is 9.86. The van der Waals surface area contributed by atoms with Crippen LogP contribution < -0.4 is 5.32 Å². The number of nitrogens with one attached hydrogen (secondary N) is 1. The first-order chi connectivity index (χ1) is 5.84. The monoisotopic (exact) mass is 171 g/mol. The normalized spacial score (nSPS) is 30.5. The van der Waals surface area contributed by atoms with Gasteiger partial charge >= 0.3 is 0 Å². The summed E-state index contributed by atoms with van der Waals surface area (Å²) in [6.07, 6.45) is 6.37. The topological polar surface area (TPSA) is 32.3 Å². The number of aliphatic hydroxyl groups is 1. The zero-order valence-electron chi connectivity index (χ0n) is 8.05. The van der Waals surface area contributed by atoms with Crippen LogP contribution in [-0.2, 0) is 0 Å². The SMILES string of the molecule is C[C@H]1CCCC[C@@H]1NCCCO. The largest absolute Gasteiger partial charge is 0.396 e. The Morgan fingerprint density at radius 3 is 2.75 bits per heavy atom. The maximum Gasteiger partial charge on any atom is 0.0443 e. The van der Waals surface area contributed by atoms with Gasteiger partial charge in [-0.2, -0.15) is 0 Å². The third-order valence-electron chi connectivity index (χ3n) is 2.85. The molecule has 0 aromatic heterocycles. The van der Waals surface area contributed by atoms with Gasteiger partial charge in [-0.15, -0.1) is 0 Å². The van der Waals surface area contributed by atoms with Crippen LogP contribution in [0.2, 0.25) is 0 Å². The van der Waals surface area contributed by atoms with E-state index in [0.29, 0.717) is 12.6 Å². The van der Waals surface area contributed by atoms with E-state index in [1.807, 2.05) is 0 Å². The van der Waals surface area contributed by atoms with E-state index in [9.17, 15) is 0 Å². The fourth-order valence-corrected chi connectivity index (χ4v) is 1.99. The predicted octanol–water partition coefficient (Wildman–Crippen LogP) is 1.54. The van der Waals surface area contributed by atoms with Crippen LogP contribution in [0.25, 0.3) is 0 Å². The molecule has 1 rings (SSSR count). The predicted molar refractivity (Wildman–Crippen MR) is 51.1 cm³/mol. The molecule has 0 heterocycles. The van der Waals surface area contributed by atoms with Crippen molar-refractivity contribution in [3.63, 3.8) is 0 Å². The molecule has 0 amide bonds. The second-order valence-corrected chi connectivity index (χ2v) is 3.90. The minimum Gasteiger partial charge on any atom is -0.396 e. The van der Waals surface area contributed by atoms with Gasteiger partial charge in [-0.25, -0.2) is 0 Å². The van der Waals surface area contributed by atoms with E-state index >= 15 is 0 Å². The van der Waals surface area contributed by atoms with Crippen LogP contribution in [-0.4, -0.2) is 24.3 Å². The van der Waals surface area contributed by atoms with Crippen LogP contribution in [0.15, 0.2) is 0 Å². The number of hydrogen-bond acceptors (Lipinski definition) is 2. The quantitative estimate of drug-likeness (QED) is 0.629. The van der Waals surface area contributed by atoms with E-state index in [1.165, 1.54) is 25.7 Å². The molecule has 2 N–H and O–H groups in total. The Morgan fingerprint density at radius 2 is 2.08 bits per heavy atom. The second-order valence-electron chi connectivity index (χ2n) is 3.90. The molecule has 0 radical (unpaired) electrons. The smallest absolute Gasteiger partial charge is 0.0443 e. The van der Waals surface area contributed by atoms with Crippen molar-refractivity contribution in [1.82, 2.24) is 5.32 Å². The first-order valence-corrected chi connectivity index (χ1v) is 5.19. The molecular formula is C10H21NO. The van der Waals surface area contributed by atoms with E-state index in [4.69, 9.17) is 5.11 Å². The van der Waals surface area contributed by atoms with E-state index in [2.05, 4.69) is 12.2 Å². The van der Waals surface area contributed by atoms with Crippen LogP contribution in [0.4, 0.5) is 0 Å². The van der Waals surface area contributed by atoms with Gasteiger partial charge in [0.05, 0.1) is 0 Å². The zero-order valence-corrected chi connectivity index (χ0v) is 8.05. The Morgan fingerprint density at radius 1 is 1.33 bits per heavy atom. The molecule has 0 aromatic carbocycles. The standard InChI is InChI=1S/C10H21NO/c1-9-5-2-3-6-10(9)11-7-4-8-12/h9-12H,2-8H2,1H3/t9-,10-/m0/s1. The van der Waals surface area contributed by atoms with Gasteiger partial charge in [-0.1, -0.05) is 19.8 Å². The molecule has 0 unspecified atom stereocenters. The Labute approximate surface area is 75.4 Å². The Balaban J connectivity index is 2.11. The second kappa shape index (κ2) is 5.55. The van der Waals surface area contributed by atoms with Gasteiger partial charge in [-0.05, 0) is 31.7 Å². The molecule has 1 fully saturated rings. The van der Waals surface area contributed by atoms with E-state index in [0.717, 1.165) is 18.9 Å². The highest BCUT2D eigenvalue weighted by Crippen LogP contribution is 2.23. The molecule has 0 saturated heterocycles. The maximum absolute atomic E-state index is 8.62. The summed E-state index contributed by atoms with van der Waals surface area (Å²) >= 11 is 0. The fourth-order valence-electron chi connectivity index (χ4n) is 1.99. The minimum absolute atomic E-state index is 0.314. The average molecular weight is 171 g/mol. The lowest BCUT2D eigenvalue weighted by Gasteiger charge is -2.29. The van der Waals surface area contributed by atoms with Crippen LogP contribution in [0.5, 0.6) is 0 Å². The molecule has 1 saturated carbocycles. The van der Waals surface area contributed by atoms with Gasteiger partial charge in [-0.3, -0.25) is 0 Å². The van der Waals surface area contributed by atoms with Gasteiger partial charge in [0.25, 0.3) is 0 Å². The molecule has 12 heavy (non-hydrogen) atoms. The zero-order chi connectivity index (χ0) is 8.81. The molecule has 0 spiro atoms. The highest BCUT2D eigenvalue weighted by molar-refractivity contribution is 4.77. The molecular weight excluding hydrogens is 150 g/mol. The molecule has 1 aliphatic carbocycles. The highest BCUT2D eigenvalue weighted by Gasteiger charge is 2.19. The van der Waals surface area contributed by atoms with E-state index in [-0.39, 0.29) is 0 Å². The molecule has 72 valence electrons. The van der Waals surface area contributed by atoms with Crippen molar-refractivity contribution in [3.8, 4) is 0 Å². The lowest BCUT2D eigenvalue weighted by Crippen LogP contribution is -2.37. The Kier molecular flexibility index (Phi) is 4.62. The van der Waals surface area contributed by atoms with Gasteiger partial charge in [0.2, 0.25) is 0 Å². The van der Waals surface area contributed by atoms with Gasteiger partial charge in [0.15, 0.2) is 0 Å². The molecule has 1 aliphatic rings. The molecule has 2 heteroatoms. The summed E-state index contributed by atoms with van der Waals surface area (Å²) in [6, 6.07) is 0.713. The van der Waals surface area contributed by atoms with Crippen LogP contribution in [0.3, 0.4) is 0 Å². The summed E-state index contributed by atoms with van der Waals surface area (Å²) < 4.78 is 0. The number of rotatable bonds is 4. The number of hydrogen-bond donors (Lipinski definition) is 2. The third kappa shape index (κ3) is 3.11. The van der Waals surface area contributed by atoms with Crippen LogP contribution >= 0.6 is 0 Å². The first-order valence-electron chi connectivity index (χ1n) is 5.19. The van der Waals surface area contributed by atoms with Crippen molar-refractivity contribution < 1.29 is 5.11 Å². The molecule has 0 aromatic rings. The average Bonchev–Trinajstić information content (AvgIpc) is 2.09. The maximum atomic E-state index is 8.62. The van der Waals surface area contributed by atoms with Crippen molar-refractivity contribution in [2.45, 2.75) is 45.1 Å².